The minimum Gasteiger partial charge on any atom is -0.469 e. The summed E-state index contributed by atoms with van der Waals surface area (Å²) in [4.78, 5) is 6.83. The van der Waals surface area contributed by atoms with Crippen molar-refractivity contribution in [1.82, 2.24) is 14.8 Å². The molecule has 0 unspecified atom stereocenters. The summed E-state index contributed by atoms with van der Waals surface area (Å²) in [6, 6.07) is 6.05. The van der Waals surface area contributed by atoms with E-state index in [0.717, 1.165) is 48.7 Å². The fourth-order valence-corrected chi connectivity index (χ4v) is 2.89. The Labute approximate surface area is 146 Å². The van der Waals surface area contributed by atoms with Crippen LogP contribution in [0, 0.1) is 0 Å². The summed E-state index contributed by atoms with van der Waals surface area (Å²) in [5.74, 6) is 1.91. The van der Waals surface area contributed by atoms with Crippen LogP contribution in [0.1, 0.15) is 24.8 Å². The maximum Gasteiger partial charge on any atom is 0.194 e. The molecule has 0 aliphatic rings. The van der Waals surface area contributed by atoms with E-state index >= 15 is 0 Å². The third-order valence-electron chi connectivity index (χ3n) is 3.56. The van der Waals surface area contributed by atoms with Gasteiger partial charge in [0.15, 0.2) is 5.96 Å². The molecule has 0 atom stereocenters. The van der Waals surface area contributed by atoms with E-state index < -0.39 is 0 Å². The minimum atomic E-state index is 0.803. The van der Waals surface area contributed by atoms with Gasteiger partial charge in [-0.15, -0.1) is 0 Å². The van der Waals surface area contributed by atoms with E-state index in [1.54, 1.807) is 6.26 Å². The fraction of sp³-hybridized carbons (Fsp3) is 0.471. The minimum absolute atomic E-state index is 0.803. The van der Waals surface area contributed by atoms with Gasteiger partial charge in [-0.05, 0) is 40.5 Å². The lowest BCUT2D eigenvalue weighted by molar-refractivity contribution is 0.456. The van der Waals surface area contributed by atoms with Gasteiger partial charge in [-0.25, -0.2) is 0 Å². The molecule has 1 N–H and O–H groups in total. The number of aliphatic imine (C=N–C) groups is 1. The lowest BCUT2D eigenvalue weighted by atomic mass is 10.3. The number of guanidine groups is 1. The van der Waals surface area contributed by atoms with Gasteiger partial charge < -0.3 is 19.2 Å². The Balaban J connectivity index is 1.94. The van der Waals surface area contributed by atoms with E-state index in [1.807, 2.05) is 12.1 Å². The van der Waals surface area contributed by atoms with E-state index in [2.05, 4.69) is 69.0 Å². The summed E-state index contributed by atoms with van der Waals surface area (Å²) in [6.07, 6.45) is 5.66. The van der Waals surface area contributed by atoms with Crippen LogP contribution in [0.5, 0.6) is 0 Å². The zero-order chi connectivity index (χ0) is 16.7. The van der Waals surface area contributed by atoms with Crippen LogP contribution in [-0.2, 0) is 20.0 Å². The van der Waals surface area contributed by atoms with Crippen LogP contribution in [0.25, 0.3) is 0 Å². The van der Waals surface area contributed by atoms with Gasteiger partial charge in [0, 0.05) is 50.0 Å². The summed E-state index contributed by atoms with van der Waals surface area (Å²) < 4.78 is 8.59. The highest BCUT2D eigenvalue weighted by Gasteiger charge is 2.10. The van der Waals surface area contributed by atoms with Crippen molar-refractivity contribution >= 4 is 21.9 Å². The topological polar surface area (TPSA) is 45.7 Å². The first-order valence-electron chi connectivity index (χ1n) is 7.92. The van der Waals surface area contributed by atoms with Gasteiger partial charge in [-0.1, -0.05) is 6.92 Å². The van der Waals surface area contributed by atoms with Crippen molar-refractivity contribution in [2.75, 3.05) is 20.1 Å². The Morgan fingerprint density at radius 2 is 2.30 bits per heavy atom. The average molecular weight is 381 g/mol. The number of rotatable bonds is 7. The lowest BCUT2D eigenvalue weighted by Crippen LogP contribution is -2.40. The van der Waals surface area contributed by atoms with Crippen molar-refractivity contribution in [1.29, 1.82) is 0 Å². The van der Waals surface area contributed by atoms with Crippen molar-refractivity contribution in [3.05, 3.63) is 46.6 Å². The SMILES string of the molecule is CCCN=C(NCCc1ccco1)N(C)Cc1cc(Br)cn1C. The van der Waals surface area contributed by atoms with E-state index in [0.29, 0.717) is 0 Å². The molecule has 0 spiro atoms. The predicted octanol–water partition coefficient (Wildman–Crippen LogP) is 3.41. The molecule has 2 aromatic rings. The average Bonchev–Trinajstić information content (AvgIpc) is 3.12. The number of nitrogens with zero attached hydrogens (tertiary/aromatic N) is 3. The highest BCUT2D eigenvalue weighted by Crippen LogP contribution is 2.15. The number of aromatic nitrogens is 1. The van der Waals surface area contributed by atoms with Crippen LogP contribution in [-0.4, -0.2) is 35.6 Å². The first kappa shape index (κ1) is 17.7. The number of halogens is 1. The second-order valence-electron chi connectivity index (χ2n) is 5.58. The fourth-order valence-electron chi connectivity index (χ4n) is 2.32. The van der Waals surface area contributed by atoms with Crippen molar-refractivity contribution in [2.24, 2.45) is 12.0 Å². The van der Waals surface area contributed by atoms with E-state index in [9.17, 15) is 0 Å². The highest BCUT2D eigenvalue weighted by molar-refractivity contribution is 9.10. The van der Waals surface area contributed by atoms with Crippen molar-refractivity contribution < 1.29 is 4.42 Å². The smallest absolute Gasteiger partial charge is 0.194 e. The molecule has 0 radical (unpaired) electrons. The molecule has 126 valence electrons. The largest absolute Gasteiger partial charge is 0.469 e. The van der Waals surface area contributed by atoms with Crippen LogP contribution in [0.2, 0.25) is 0 Å². The number of aryl methyl sites for hydroxylation is 1. The monoisotopic (exact) mass is 380 g/mol. The molecule has 6 heteroatoms. The second-order valence-corrected chi connectivity index (χ2v) is 6.49. The molecule has 0 aromatic carbocycles. The zero-order valence-corrected chi connectivity index (χ0v) is 15.6. The molecule has 0 saturated heterocycles. The van der Waals surface area contributed by atoms with E-state index in [-0.39, 0.29) is 0 Å². The third kappa shape index (κ3) is 5.46. The van der Waals surface area contributed by atoms with Gasteiger partial charge >= 0.3 is 0 Å². The summed E-state index contributed by atoms with van der Waals surface area (Å²) >= 11 is 3.52. The summed E-state index contributed by atoms with van der Waals surface area (Å²) in [5, 5.41) is 3.43. The maximum atomic E-state index is 5.37. The van der Waals surface area contributed by atoms with Gasteiger partial charge in [0.05, 0.1) is 12.8 Å². The quantitative estimate of drug-likeness (QED) is 0.591. The van der Waals surface area contributed by atoms with Gasteiger partial charge in [-0.3, -0.25) is 4.99 Å². The van der Waals surface area contributed by atoms with E-state index in [1.165, 1.54) is 5.69 Å². The Hall–Kier alpha value is -1.69. The zero-order valence-electron chi connectivity index (χ0n) is 14.1. The van der Waals surface area contributed by atoms with Crippen molar-refractivity contribution in [3.8, 4) is 0 Å². The first-order valence-corrected chi connectivity index (χ1v) is 8.72. The van der Waals surface area contributed by atoms with Crippen molar-refractivity contribution in [3.63, 3.8) is 0 Å². The van der Waals surface area contributed by atoms with Gasteiger partial charge in [-0.2, -0.15) is 0 Å². The highest BCUT2D eigenvalue weighted by atomic mass is 79.9. The molecule has 0 aliphatic carbocycles. The van der Waals surface area contributed by atoms with Crippen LogP contribution in [0.3, 0.4) is 0 Å². The van der Waals surface area contributed by atoms with Crippen LogP contribution in [0.4, 0.5) is 0 Å². The molecule has 5 nitrogen and oxygen atoms in total. The number of hydrogen-bond donors (Lipinski definition) is 1. The van der Waals surface area contributed by atoms with Crippen LogP contribution >= 0.6 is 15.9 Å². The predicted molar refractivity (Wildman–Crippen MR) is 97.6 cm³/mol. The number of hydrogen-bond acceptors (Lipinski definition) is 2. The normalized spacial score (nSPS) is 11.7. The Bertz CT molecular complexity index is 619. The molecule has 0 fully saturated rings. The molecular weight excluding hydrogens is 356 g/mol. The summed E-state index contributed by atoms with van der Waals surface area (Å²) in [7, 11) is 4.12. The Morgan fingerprint density at radius 1 is 1.48 bits per heavy atom. The van der Waals surface area contributed by atoms with Crippen molar-refractivity contribution in [2.45, 2.75) is 26.3 Å². The molecular formula is C17H25BrN4O. The molecule has 0 amide bonds. The first-order chi connectivity index (χ1) is 11.1. The summed E-state index contributed by atoms with van der Waals surface area (Å²) in [5.41, 5.74) is 1.23. The van der Waals surface area contributed by atoms with Gasteiger partial charge in [0.2, 0.25) is 0 Å². The third-order valence-corrected chi connectivity index (χ3v) is 3.99. The molecule has 0 bridgehead atoms. The standard InChI is InChI=1S/C17H25BrN4O/c1-4-8-19-17(20-9-7-16-6-5-10-23-16)22(3)13-15-11-14(18)12-21(15)2/h5-6,10-12H,4,7-9,13H2,1-3H3,(H,19,20). The van der Waals surface area contributed by atoms with Gasteiger partial charge in [0.1, 0.15) is 5.76 Å². The molecule has 0 aliphatic heterocycles. The van der Waals surface area contributed by atoms with Crippen LogP contribution < -0.4 is 5.32 Å². The van der Waals surface area contributed by atoms with Crippen LogP contribution in [0.15, 0.2) is 44.5 Å². The molecule has 2 aromatic heterocycles. The van der Waals surface area contributed by atoms with Gasteiger partial charge in [0.25, 0.3) is 0 Å². The Morgan fingerprint density at radius 3 is 2.91 bits per heavy atom. The maximum absolute atomic E-state index is 5.37. The molecule has 2 rings (SSSR count). The Kier molecular flexibility index (Phi) is 6.77. The molecule has 0 saturated carbocycles. The second kappa shape index (κ2) is 8.82. The number of furan rings is 1. The lowest BCUT2D eigenvalue weighted by Gasteiger charge is -2.22. The number of nitrogens with one attached hydrogen (secondary N) is 1. The van der Waals surface area contributed by atoms with E-state index in [4.69, 9.17) is 4.42 Å². The summed E-state index contributed by atoms with van der Waals surface area (Å²) in [6.45, 7) is 4.57. The molecule has 2 heterocycles. The molecule has 23 heavy (non-hydrogen) atoms.